The first-order chi connectivity index (χ1) is 7.47. The van der Waals surface area contributed by atoms with E-state index < -0.39 is 8.07 Å². The van der Waals surface area contributed by atoms with Gasteiger partial charge in [0, 0.05) is 6.21 Å². The Morgan fingerprint density at radius 3 is 2.31 bits per heavy atom. The van der Waals surface area contributed by atoms with E-state index in [1.165, 1.54) is 11.1 Å². The quantitative estimate of drug-likeness (QED) is 0.551. The topological polar surface area (TPSA) is 12.4 Å². The molecule has 0 aliphatic rings. The monoisotopic (exact) mass is 231 g/mol. The summed E-state index contributed by atoms with van der Waals surface area (Å²) in [4.78, 5) is 4.38. The lowest BCUT2D eigenvalue weighted by Crippen LogP contribution is -2.15. The molecule has 86 valence electrons. The second-order valence-electron chi connectivity index (χ2n) is 5.17. The molecule has 0 fully saturated rings. The van der Waals surface area contributed by atoms with Gasteiger partial charge in [0.15, 0.2) is 0 Å². The largest absolute Gasteiger partial charge is 0.288 e. The van der Waals surface area contributed by atoms with E-state index in [2.05, 4.69) is 67.6 Å². The summed E-state index contributed by atoms with van der Waals surface area (Å²) in [5.74, 6) is 0. The van der Waals surface area contributed by atoms with Crippen LogP contribution in [0.1, 0.15) is 11.1 Å². The van der Waals surface area contributed by atoms with Gasteiger partial charge in [-0.15, -0.1) is 0 Å². The van der Waals surface area contributed by atoms with Crippen LogP contribution in [0.5, 0.6) is 0 Å². The maximum Gasteiger partial charge on any atom is 0.0683 e. The number of nitrogens with zero attached hydrogens (tertiary/aromatic N) is 1. The smallest absolute Gasteiger partial charge is 0.0683 e. The first kappa shape index (κ1) is 12.9. The van der Waals surface area contributed by atoms with Crippen LogP contribution in [0.15, 0.2) is 41.0 Å². The van der Waals surface area contributed by atoms with Crippen molar-refractivity contribution in [2.45, 2.75) is 26.6 Å². The first-order valence-corrected chi connectivity index (χ1v) is 9.29. The maximum atomic E-state index is 4.38. The Kier molecular flexibility index (Phi) is 4.68. The summed E-state index contributed by atoms with van der Waals surface area (Å²) in [6, 6.07) is 8.42. The molecule has 0 heterocycles. The van der Waals surface area contributed by atoms with Crippen LogP contribution in [0.2, 0.25) is 19.6 Å². The van der Waals surface area contributed by atoms with Gasteiger partial charge in [0.1, 0.15) is 0 Å². The Hall–Kier alpha value is -1.15. The van der Waals surface area contributed by atoms with E-state index in [9.17, 15) is 0 Å². The molecule has 0 unspecified atom stereocenters. The molecule has 0 radical (unpaired) electrons. The van der Waals surface area contributed by atoms with Gasteiger partial charge in [-0.2, -0.15) is 0 Å². The Balaban J connectivity index is 2.44. The van der Waals surface area contributed by atoms with Crippen LogP contribution in [0.4, 0.5) is 0 Å². The summed E-state index contributed by atoms with van der Waals surface area (Å²) in [5, 5.41) is 0. The molecule has 0 saturated carbocycles. The van der Waals surface area contributed by atoms with Crippen molar-refractivity contribution in [2.75, 3.05) is 6.54 Å². The molecule has 0 bridgehead atoms. The molecule has 1 rings (SSSR count). The minimum Gasteiger partial charge on any atom is -0.288 e. The van der Waals surface area contributed by atoms with Crippen LogP contribution >= 0.6 is 0 Å². The maximum absolute atomic E-state index is 4.38. The Bertz CT molecular complexity index is 369. The summed E-state index contributed by atoms with van der Waals surface area (Å²) in [6.07, 6.45) is 4.12. The number of aliphatic imine (C=N–C) groups is 1. The van der Waals surface area contributed by atoms with Crippen LogP contribution in [-0.2, 0) is 0 Å². The van der Waals surface area contributed by atoms with Gasteiger partial charge in [0.2, 0.25) is 0 Å². The summed E-state index contributed by atoms with van der Waals surface area (Å²) in [6.45, 7) is 9.86. The molecule has 0 aromatic heterocycles. The Morgan fingerprint density at radius 2 is 1.75 bits per heavy atom. The van der Waals surface area contributed by atoms with Gasteiger partial charge in [0.25, 0.3) is 0 Å². The van der Waals surface area contributed by atoms with E-state index in [0.29, 0.717) is 0 Å². The van der Waals surface area contributed by atoms with Crippen molar-refractivity contribution in [1.82, 2.24) is 0 Å². The fourth-order valence-corrected chi connectivity index (χ4v) is 2.09. The number of rotatable bonds is 4. The standard InChI is InChI=1S/C14H21NSi/c1-13-6-8-14(9-7-13)12-15-10-5-11-16(2,3)4/h5-9,11-12H,10H2,1-4H3/b11-5+,15-12?. The Morgan fingerprint density at radius 1 is 1.12 bits per heavy atom. The lowest BCUT2D eigenvalue weighted by Gasteiger charge is -2.06. The molecule has 0 spiro atoms. The molecular formula is C14H21NSi. The minimum atomic E-state index is -1.05. The average molecular weight is 231 g/mol. The third-order valence-electron chi connectivity index (χ3n) is 2.15. The molecule has 0 N–H and O–H groups in total. The van der Waals surface area contributed by atoms with Crippen LogP contribution in [0, 0.1) is 6.92 Å². The number of aryl methyl sites for hydroxylation is 1. The van der Waals surface area contributed by atoms with E-state index in [4.69, 9.17) is 0 Å². The zero-order valence-corrected chi connectivity index (χ0v) is 11.7. The molecule has 0 saturated heterocycles. The molecule has 0 aliphatic carbocycles. The van der Waals surface area contributed by atoms with Crippen molar-refractivity contribution in [3.05, 3.63) is 47.2 Å². The van der Waals surface area contributed by atoms with Crippen molar-refractivity contribution >= 4 is 14.3 Å². The second-order valence-corrected chi connectivity index (χ2v) is 10.2. The molecule has 1 aromatic rings. The minimum absolute atomic E-state index is 0.790. The number of hydrogen-bond acceptors (Lipinski definition) is 1. The van der Waals surface area contributed by atoms with E-state index in [1.807, 2.05) is 6.21 Å². The summed E-state index contributed by atoms with van der Waals surface area (Å²) in [7, 11) is -1.05. The van der Waals surface area contributed by atoms with Crippen LogP contribution < -0.4 is 0 Å². The van der Waals surface area contributed by atoms with E-state index in [-0.39, 0.29) is 0 Å². The van der Waals surface area contributed by atoms with E-state index in [0.717, 1.165) is 6.54 Å². The summed E-state index contributed by atoms with van der Waals surface area (Å²) < 4.78 is 0. The van der Waals surface area contributed by atoms with Crippen molar-refractivity contribution in [2.24, 2.45) is 4.99 Å². The van der Waals surface area contributed by atoms with Gasteiger partial charge in [-0.3, -0.25) is 4.99 Å². The van der Waals surface area contributed by atoms with E-state index >= 15 is 0 Å². The lowest BCUT2D eigenvalue weighted by atomic mass is 10.2. The van der Waals surface area contributed by atoms with Crippen LogP contribution in [-0.4, -0.2) is 20.8 Å². The van der Waals surface area contributed by atoms with Crippen LogP contribution in [0.3, 0.4) is 0 Å². The summed E-state index contributed by atoms with van der Waals surface area (Å²) >= 11 is 0. The van der Waals surface area contributed by atoms with Gasteiger partial charge in [-0.05, 0) is 12.5 Å². The molecule has 1 nitrogen and oxygen atoms in total. The molecule has 0 atom stereocenters. The highest BCUT2D eigenvalue weighted by Crippen LogP contribution is 2.02. The van der Waals surface area contributed by atoms with Crippen molar-refractivity contribution in [3.63, 3.8) is 0 Å². The zero-order valence-electron chi connectivity index (χ0n) is 10.7. The predicted molar refractivity (Wildman–Crippen MR) is 76.1 cm³/mol. The molecule has 16 heavy (non-hydrogen) atoms. The molecular weight excluding hydrogens is 210 g/mol. The number of hydrogen-bond donors (Lipinski definition) is 0. The predicted octanol–water partition coefficient (Wildman–Crippen LogP) is 3.85. The highest BCUT2D eigenvalue weighted by Gasteiger charge is 2.05. The highest BCUT2D eigenvalue weighted by molar-refractivity contribution is 6.80. The number of benzene rings is 1. The lowest BCUT2D eigenvalue weighted by molar-refractivity contribution is 1.26. The van der Waals surface area contributed by atoms with Crippen molar-refractivity contribution in [1.29, 1.82) is 0 Å². The average Bonchev–Trinajstić information content (AvgIpc) is 2.19. The van der Waals surface area contributed by atoms with Gasteiger partial charge >= 0.3 is 0 Å². The third-order valence-corrected chi connectivity index (χ3v) is 3.38. The van der Waals surface area contributed by atoms with Gasteiger partial charge in [0.05, 0.1) is 14.6 Å². The first-order valence-electron chi connectivity index (χ1n) is 5.71. The Labute approximate surface area is 99.9 Å². The highest BCUT2D eigenvalue weighted by atomic mass is 28.3. The fourth-order valence-electron chi connectivity index (χ4n) is 1.28. The van der Waals surface area contributed by atoms with Gasteiger partial charge < -0.3 is 0 Å². The fraction of sp³-hybridized carbons (Fsp3) is 0.357. The third kappa shape index (κ3) is 5.66. The molecule has 0 aliphatic heterocycles. The summed E-state index contributed by atoms with van der Waals surface area (Å²) in [5.41, 5.74) is 4.79. The zero-order chi connectivity index (χ0) is 12.0. The van der Waals surface area contributed by atoms with Gasteiger partial charge in [-0.25, -0.2) is 0 Å². The van der Waals surface area contributed by atoms with Crippen molar-refractivity contribution < 1.29 is 0 Å². The van der Waals surface area contributed by atoms with Crippen molar-refractivity contribution in [3.8, 4) is 0 Å². The van der Waals surface area contributed by atoms with Gasteiger partial charge in [-0.1, -0.05) is 61.2 Å². The molecule has 0 amide bonds. The molecule has 1 aromatic carbocycles. The van der Waals surface area contributed by atoms with Crippen LogP contribution in [0.25, 0.3) is 0 Å². The SMILES string of the molecule is Cc1ccc(C=NC/C=C/[Si](C)(C)C)cc1. The second kappa shape index (κ2) is 5.80. The normalized spacial score (nSPS) is 12.8. The van der Waals surface area contributed by atoms with E-state index in [1.54, 1.807) is 0 Å². The molecule has 2 heteroatoms.